The molecule has 2 unspecified atom stereocenters. The highest BCUT2D eigenvalue weighted by molar-refractivity contribution is 5.94. The summed E-state index contributed by atoms with van der Waals surface area (Å²) in [6.45, 7) is 4.06. The predicted molar refractivity (Wildman–Crippen MR) is 89.5 cm³/mol. The van der Waals surface area contributed by atoms with Crippen LogP contribution in [0.5, 0.6) is 0 Å². The van der Waals surface area contributed by atoms with Gasteiger partial charge < -0.3 is 15.5 Å². The number of nitrogens with zero attached hydrogens (tertiary/aromatic N) is 2. The van der Waals surface area contributed by atoms with Crippen LogP contribution in [0.15, 0.2) is 18.3 Å². The first-order chi connectivity index (χ1) is 10.3. The maximum atomic E-state index is 12.2. The van der Waals surface area contributed by atoms with Crippen LogP contribution in [0.1, 0.15) is 19.3 Å². The zero-order chi connectivity index (χ0) is 14.2. The molecule has 120 valence electrons. The molecule has 0 radical (unpaired) electrons. The monoisotopic (exact) mass is 322 g/mol. The van der Waals surface area contributed by atoms with E-state index in [1.165, 1.54) is 19.3 Å². The standard InChI is InChI=1S/C16H22N4O.ClH/c21-16(15-12-2-1-3-13(12)15)19-14-5-4-11(10-18-14)20-8-6-17-7-9-20;/h4-5,10,12-13,15,17H,1-3,6-9H2,(H,18,19,21);1H. The molecule has 2 aliphatic carbocycles. The van der Waals surface area contributed by atoms with Crippen LogP contribution in [0, 0.1) is 17.8 Å². The van der Waals surface area contributed by atoms with Gasteiger partial charge in [-0.3, -0.25) is 4.79 Å². The smallest absolute Gasteiger partial charge is 0.229 e. The summed E-state index contributed by atoms with van der Waals surface area (Å²) in [4.78, 5) is 18.9. The normalized spacial score (nSPS) is 29.5. The molecule has 1 amide bonds. The predicted octanol–water partition coefficient (Wildman–Crippen LogP) is 1.90. The van der Waals surface area contributed by atoms with Gasteiger partial charge in [-0.25, -0.2) is 4.98 Å². The maximum Gasteiger partial charge on any atom is 0.229 e. The third kappa shape index (κ3) is 2.92. The van der Waals surface area contributed by atoms with E-state index >= 15 is 0 Å². The zero-order valence-corrected chi connectivity index (χ0v) is 13.4. The molecule has 2 N–H and O–H groups in total. The first-order valence-corrected chi connectivity index (χ1v) is 8.05. The van der Waals surface area contributed by atoms with Crippen molar-refractivity contribution in [3.8, 4) is 0 Å². The SMILES string of the molecule is Cl.O=C(Nc1ccc(N2CCNCC2)cn1)C1C2CCCC21. The average Bonchev–Trinajstić information content (AvgIpc) is 3.02. The van der Waals surface area contributed by atoms with Gasteiger partial charge in [0.15, 0.2) is 0 Å². The Morgan fingerprint density at radius 3 is 2.59 bits per heavy atom. The molecule has 2 saturated carbocycles. The molecule has 5 nitrogen and oxygen atoms in total. The third-order valence-electron chi connectivity index (χ3n) is 5.19. The van der Waals surface area contributed by atoms with Gasteiger partial charge in [-0.05, 0) is 36.8 Å². The molecule has 2 heterocycles. The molecular weight excluding hydrogens is 300 g/mol. The van der Waals surface area contributed by atoms with Gasteiger partial charge in [-0.15, -0.1) is 12.4 Å². The van der Waals surface area contributed by atoms with Crippen molar-refractivity contribution in [1.29, 1.82) is 0 Å². The van der Waals surface area contributed by atoms with Crippen LogP contribution < -0.4 is 15.5 Å². The lowest BCUT2D eigenvalue weighted by atomic mass is 10.1. The number of piperazine rings is 1. The maximum absolute atomic E-state index is 12.2. The molecule has 0 spiro atoms. The fourth-order valence-electron chi connectivity index (χ4n) is 3.99. The van der Waals surface area contributed by atoms with Crippen molar-refractivity contribution < 1.29 is 4.79 Å². The van der Waals surface area contributed by atoms with Gasteiger partial charge in [0, 0.05) is 32.1 Å². The fraction of sp³-hybridized carbons (Fsp3) is 0.625. The van der Waals surface area contributed by atoms with Crippen LogP contribution in [-0.4, -0.2) is 37.1 Å². The summed E-state index contributed by atoms with van der Waals surface area (Å²) in [7, 11) is 0. The van der Waals surface area contributed by atoms with Gasteiger partial charge in [0.25, 0.3) is 0 Å². The van der Waals surface area contributed by atoms with E-state index in [9.17, 15) is 4.79 Å². The molecule has 0 aromatic carbocycles. The molecule has 2 atom stereocenters. The van der Waals surface area contributed by atoms with E-state index < -0.39 is 0 Å². The number of pyridine rings is 1. The minimum absolute atomic E-state index is 0. The van der Waals surface area contributed by atoms with Gasteiger partial charge in [0.1, 0.15) is 5.82 Å². The number of amides is 1. The van der Waals surface area contributed by atoms with Crippen molar-refractivity contribution in [1.82, 2.24) is 10.3 Å². The number of fused-ring (bicyclic) bond motifs is 1. The summed E-state index contributed by atoms with van der Waals surface area (Å²) in [5.41, 5.74) is 1.14. The minimum atomic E-state index is 0. The lowest BCUT2D eigenvalue weighted by Gasteiger charge is -2.29. The molecule has 1 aromatic rings. The summed E-state index contributed by atoms with van der Waals surface area (Å²) in [5.74, 6) is 2.43. The summed E-state index contributed by atoms with van der Waals surface area (Å²) < 4.78 is 0. The van der Waals surface area contributed by atoms with Crippen molar-refractivity contribution in [2.24, 2.45) is 17.8 Å². The molecule has 1 aromatic heterocycles. The molecule has 0 bridgehead atoms. The van der Waals surface area contributed by atoms with Crippen LogP contribution in [0.25, 0.3) is 0 Å². The molecule has 4 rings (SSSR count). The fourth-order valence-corrected chi connectivity index (χ4v) is 3.99. The number of hydrogen-bond acceptors (Lipinski definition) is 4. The zero-order valence-electron chi connectivity index (χ0n) is 12.6. The average molecular weight is 323 g/mol. The first kappa shape index (κ1) is 15.6. The Hall–Kier alpha value is -1.33. The van der Waals surface area contributed by atoms with Crippen LogP contribution in [0.4, 0.5) is 11.5 Å². The van der Waals surface area contributed by atoms with Gasteiger partial charge in [0.2, 0.25) is 5.91 Å². The van der Waals surface area contributed by atoms with E-state index in [0.717, 1.165) is 31.9 Å². The first-order valence-electron chi connectivity index (χ1n) is 8.05. The Bertz CT molecular complexity index is 519. The van der Waals surface area contributed by atoms with Gasteiger partial charge >= 0.3 is 0 Å². The van der Waals surface area contributed by atoms with Gasteiger partial charge in [0.05, 0.1) is 11.9 Å². The largest absolute Gasteiger partial charge is 0.368 e. The van der Waals surface area contributed by atoms with Crippen LogP contribution in [-0.2, 0) is 4.79 Å². The highest BCUT2D eigenvalue weighted by atomic mass is 35.5. The van der Waals surface area contributed by atoms with E-state index in [0.29, 0.717) is 17.7 Å². The van der Waals surface area contributed by atoms with Gasteiger partial charge in [-0.2, -0.15) is 0 Å². The van der Waals surface area contributed by atoms with E-state index in [2.05, 4.69) is 26.6 Å². The molecule has 1 aliphatic heterocycles. The molecule has 3 aliphatic rings. The number of carbonyl (C=O) groups is 1. The highest BCUT2D eigenvalue weighted by Crippen LogP contribution is 2.57. The Morgan fingerprint density at radius 2 is 1.95 bits per heavy atom. The van der Waals surface area contributed by atoms with Crippen LogP contribution >= 0.6 is 12.4 Å². The van der Waals surface area contributed by atoms with E-state index in [-0.39, 0.29) is 24.2 Å². The Balaban J connectivity index is 0.00000144. The molecule has 22 heavy (non-hydrogen) atoms. The minimum Gasteiger partial charge on any atom is -0.368 e. The number of halogens is 1. The Labute approximate surface area is 137 Å². The van der Waals surface area contributed by atoms with Crippen molar-refractivity contribution in [3.63, 3.8) is 0 Å². The molecular formula is C16H23ClN4O. The second kappa shape index (κ2) is 6.42. The van der Waals surface area contributed by atoms with Crippen LogP contribution in [0.3, 0.4) is 0 Å². The molecule has 3 fully saturated rings. The number of carbonyl (C=O) groups excluding carboxylic acids is 1. The van der Waals surface area contributed by atoms with Gasteiger partial charge in [-0.1, -0.05) is 6.42 Å². The number of aromatic nitrogens is 1. The number of hydrogen-bond donors (Lipinski definition) is 2. The number of anilines is 2. The van der Waals surface area contributed by atoms with E-state index in [4.69, 9.17) is 0 Å². The third-order valence-corrected chi connectivity index (χ3v) is 5.19. The second-order valence-electron chi connectivity index (χ2n) is 6.41. The lowest BCUT2D eigenvalue weighted by Crippen LogP contribution is -2.43. The summed E-state index contributed by atoms with van der Waals surface area (Å²) >= 11 is 0. The van der Waals surface area contributed by atoms with Crippen molar-refractivity contribution in [3.05, 3.63) is 18.3 Å². The highest BCUT2D eigenvalue weighted by Gasteiger charge is 2.56. The summed E-state index contributed by atoms with van der Waals surface area (Å²) in [6.07, 6.45) is 5.64. The van der Waals surface area contributed by atoms with E-state index in [1.54, 1.807) is 0 Å². The topological polar surface area (TPSA) is 57.3 Å². The van der Waals surface area contributed by atoms with Crippen molar-refractivity contribution >= 4 is 29.8 Å². The van der Waals surface area contributed by atoms with E-state index in [1.807, 2.05) is 12.3 Å². The Morgan fingerprint density at radius 1 is 1.23 bits per heavy atom. The number of nitrogens with one attached hydrogen (secondary N) is 2. The van der Waals surface area contributed by atoms with Crippen molar-refractivity contribution in [2.75, 3.05) is 36.4 Å². The number of rotatable bonds is 3. The molecule has 6 heteroatoms. The summed E-state index contributed by atoms with van der Waals surface area (Å²) in [6, 6.07) is 3.98. The lowest BCUT2D eigenvalue weighted by molar-refractivity contribution is -0.118. The van der Waals surface area contributed by atoms with Crippen LogP contribution in [0.2, 0.25) is 0 Å². The molecule has 1 saturated heterocycles. The Kier molecular flexibility index (Phi) is 4.54. The van der Waals surface area contributed by atoms with Crippen molar-refractivity contribution in [2.45, 2.75) is 19.3 Å². The second-order valence-corrected chi connectivity index (χ2v) is 6.41. The quantitative estimate of drug-likeness (QED) is 0.892. The summed E-state index contributed by atoms with van der Waals surface area (Å²) in [5, 5.41) is 6.32.